The van der Waals surface area contributed by atoms with E-state index in [1.54, 1.807) is 0 Å². The second-order valence-electron chi connectivity index (χ2n) is 6.09. The average Bonchev–Trinajstić information content (AvgIpc) is 2.86. The highest BCUT2D eigenvalue weighted by molar-refractivity contribution is 4.80. The summed E-state index contributed by atoms with van der Waals surface area (Å²) in [5.74, 6) is 0.568. The van der Waals surface area contributed by atoms with Gasteiger partial charge in [0.25, 0.3) is 0 Å². The van der Waals surface area contributed by atoms with E-state index in [4.69, 9.17) is 0 Å². The van der Waals surface area contributed by atoms with Crippen molar-refractivity contribution in [1.82, 2.24) is 9.80 Å². The van der Waals surface area contributed by atoms with Crippen molar-refractivity contribution in [1.29, 1.82) is 0 Å². The molecule has 3 atom stereocenters. The Kier molecular flexibility index (Phi) is 4.83. The quantitative estimate of drug-likeness (QED) is 0.790. The van der Waals surface area contributed by atoms with Crippen LogP contribution in [0.4, 0.5) is 0 Å². The van der Waals surface area contributed by atoms with Gasteiger partial charge in [0, 0.05) is 12.6 Å². The van der Waals surface area contributed by atoms with Gasteiger partial charge in [0.2, 0.25) is 0 Å². The fraction of sp³-hybridized carbons (Fsp3) is 1.00. The van der Waals surface area contributed by atoms with Gasteiger partial charge in [-0.15, -0.1) is 0 Å². The maximum atomic E-state index is 9.80. The second kappa shape index (κ2) is 6.17. The molecule has 1 aliphatic carbocycles. The molecular formula is C14H28N2O. The lowest BCUT2D eigenvalue weighted by molar-refractivity contribution is 0.118. The lowest BCUT2D eigenvalue weighted by Gasteiger charge is -2.27. The molecule has 0 bridgehead atoms. The normalized spacial score (nSPS) is 34.9. The number of hydrogen-bond acceptors (Lipinski definition) is 3. The highest BCUT2D eigenvalue weighted by Crippen LogP contribution is 2.28. The van der Waals surface area contributed by atoms with E-state index < -0.39 is 0 Å². The minimum absolute atomic E-state index is 0.0162. The molecule has 0 radical (unpaired) electrons. The van der Waals surface area contributed by atoms with Gasteiger partial charge in [-0.05, 0) is 65.2 Å². The predicted octanol–water partition coefficient (Wildman–Crippen LogP) is 1.56. The van der Waals surface area contributed by atoms with Gasteiger partial charge in [0.1, 0.15) is 0 Å². The monoisotopic (exact) mass is 240 g/mol. The van der Waals surface area contributed by atoms with Crippen LogP contribution in [0, 0.1) is 5.92 Å². The van der Waals surface area contributed by atoms with E-state index in [0.29, 0.717) is 5.92 Å². The number of rotatable bonds is 5. The summed E-state index contributed by atoms with van der Waals surface area (Å²) in [4.78, 5) is 4.94. The first-order valence-corrected chi connectivity index (χ1v) is 7.23. The molecule has 100 valence electrons. The number of likely N-dealkylation sites (tertiary alicyclic amines) is 1. The van der Waals surface area contributed by atoms with Crippen molar-refractivity contribution in [3.05, 3.63) is 0 Å². The van der Waals surface area contributed by atoms with Gasteiger partial charge in [-0.2, -0.15) is 0 Å². The maximum absolute atomic E-state index is 9.80. The minimum atomic E-state index is -0.0162. The Morgan fingerprint density at radius 3 is 2.65 bits per heavy atom. The molecule has 1 heterocycles. The maximum Gasteiger partial charge on any atom is 0.0568 e. The number of hydrogen-bond donors (Lipinski definition) is 1. The first-order valence-electron chi connectivity index (χ1n) is 7.23. The molecule has 1 N–H and O–H groups in total. The lowest BCUT2D eigenvalue weighted by Crippen LogP contribution is -2.37. The van der Waals surface area contributed by atoms with E-state index in [0.717, 1.165) is 19.0 Å². The molecule has 1 saturated carbocycles. The molecule has 2 aliphatic rings. The molecule has 3 nitrogen and oxygen atoms in total. The fourth-order valence-corrected chi connectivity index (χ4v) is 3.40. The zero-order valence-electron chi connectivity index (χ0n) is 11.4. The van der Waals surface area contributed by atoms with Crippen molar-refractivity contribution in [3.63, 3.8) is 0 Å². The molecule has 1 aliphatic heterocycles. The third-order valence-corrected chi connectivity index (χ3v) is 4.69. The molecule has 0 amide bonds. The zero-order chi connectivity index (χ0) is 12.3. The molecule has 0 aromatic carbocycles. The third kappa shape index (κ3) is 3.67. The molecule has 0 spiro atoms. The summed E-state index contributed by atoms with van der Waals surface area (Å²) in [7, 11) is 4.47. The van der Waals surface area contributed by atoms with Crippen molar-refractivity contribution in [2.24, 2.45) is 5.92 Å². The molecule has 3 heteroatoms. The molecule has 17 heavy (non-hydrogen) atoms. The van der Waals surface area contributed by atoms with Crippen LogP contribution in [-0.4, -0.2) is 60.8 Å². The van der Waals surface area contributed by atoms with Crippen LogP contribution >= 0.6 is 0 Å². The Morgan fingerprint density at radius 1 is 1.24 bits per heavy atom. The van der Waals surface area contributed by atoms with E-state index >= 15 is 0 Å². The van der Waals surface area contributed by atoms with Crippen LogP contribution in [0.3, 0.4) is 0 Å². The van der Waals surface area contributed by atoms with Gasteiger partial charge >= 0.3 is 0 Å². The van der Waals surface area contributed by atoms with Crippen LogP contribution in [-0.2, 0) is 0 Å². The summed E-state index contributed by atoms with van der Waals surface area (Å²) in [5, 5.41) is 9.80. The number of likely N-dealkylation sites (N-methyl/N-ethyl adjacent to an activating group) is 2. The standard InChI is InChI=1S/C14H28N2O/c1-15(11-13-6-4-9-16(13)2)10-8-12-5-3-7-14(12)17/h12-14,17H,3-11H2,1-2H3. The van der Waals surface area contributed by atoms with E-state index in [1.165, 1.54) is 45.2 Å². The summed E-state index contributed by atoms with van der Waals surface area (Å²) in [5.41, 5.74) is 0. The molecule has 3 unspecified atom stereocenters. The second-order valence-corrected chi connectivity index (χ2v) is 6.09. The average molecular weight is 240 g/mol. The van der Waals surface area contributed by atoms with Crippen molar-refractivity contribution in [2.75, 3.05) is 33.7 Å². The Labute approximate surface area is 106 Å². The number of nitrogens with zero attached hydrogens (tertiary/aromatic N) is 2. The smallest absolute Gasteiger partial charge is 0.0568 e. The van der Waals surface area contributed by atoms with E-state index in [9.17, 15) is 5.11 Å². The largest absolute Gasteiger partial charge is 0.393 e. The summed E-state index contributed by atoms with van der Waals surface area (Å²) in [6.07, 6.45) is 7.36. The summed E-state index contributed by atoms with van der Waals surface area (Å²) < 4.78 is 0. The van der Waals surface area contributed by atoms with E-state index in [2.05, 4.69) is 23.9 Å². The van der Waals surface area contributed by atoms with Crippen LogP contribution < -0.4 is 0 Å². The Hall–Kier alpha value is -0.120. The van der Waals surface area contributed by atoms with Crippen molar-refractivity contribution in [2.45, 2.75) is 50.7 Å². The van der Waals surface area contributed by atoms with Crippen molar-refractivity contribution in [3.8, 4) is 0 Å². The number of aliphatic hydroxyl groups excluding tert-OH is 1. The Balaban J connectivity index is 1.65. The van der Waals surface area contributed by atoms with Gasteiger partial charge < -0.3 is 14.9 Å². The van der Waals surface area contributed by atoms with Crippen LogP contribution in [0.2, 0.25) is 0 Å². The van der Waals surface area contributed by atoms with Crippen molar-refractivity contribution < 1.29 is 5.11 Å². The van der Waals surface area contributed by atoms with Gasteiger partial charge in [0.05, 0.1) is 6.10 Å². The first kappa shape index (κ1) is 13.3. The van der Waals surface area contributed by atoms with Gasteiger partial charge in [-0.3, -0.25) is 0 Å². The molecule has 0 aromatic heterocycles. The van der Waals surface area contributed by atoms with E-state index in [-0.39, 0.29) is 6.10 Å². The summed E-state index contributed by atoms with van der Waals surface area (Å²) in [6, 6.07) is 0.758. The van der Waals surface area contributed by atoms with Crippen LogP contribution in [0.25, 0.3) is 0 Å². The number of aliphatic hydroxyl groups is 1. The predicted molar refractivity (Wildman–Crippen MR) is 71.1 cm³/mol. The molecule has 2 rings (SSSR count). The minimum Gasteiger partial charge on any atom is -0.393 e. The Bertz CT molecular complexity index is 234. The molecule has 1 saturated heterocycles. The molecule has 0 aromatic rings. The van der Waals surface area contributed by atoms with E-state index in [1.807, 2.05) is 0 Å². The SMILES string of the molecule is CN(CCC1CCCC1O)CC1CCCN1C. The Morgan fingerprint density at radius 2 is 2.06 bits per heavy atom. The molecule has 2 fully saturated rings. The third-order valence-electron chi connectivity index (χ3n) is 4.69. The first-order chi connectivity index (χ1) is 8.16. The van der Waals surface area contributed by atoms with Gasteiger partial charge in [-0.25, -0.2) is 0 Å². The lowest BCUT2D eigenvalue weighted by atomic mass is 10.0. The zero-order valence-corrected chi connectivity index (χ0v) is 11.4. The summed E-state index contributed by atoms with van der Waals surface area (Å²) >= 11 is 0. The van der Waals surface area contributed by atoms with Crippen LogP contribution in [0.5, 0.6) is 0 Å². The highest BCUT2D eigenvalue weighted by Gasteiger charge is 2.26. The van der Waals surface area contributed by atoms with Crippen LogP contribution in [0.1, 0.15) is 38.5 Å². The summed E-state index contributed by atoms with van der Waals surface area (Å²) in [6.45, 7) is 3.60. The fourth-order valence-electron chi connectivity index (χ4n) is 3.40. The van der Waals surface area contributed by atoms with Crippen LogP contribution in [0.15, 0.2) is 0 Å². The van der Waals surface area contributed by atoms with Crippen molar-refractivity contribution >= 4 is 0 Å². The molecular weight excluding hydrogens is 212 g/mol. The van der Waals surface area contributed by atoms with Gasteiger partial charge in [0.15, 0.2) is 0 Å². The van der Waals surface area contributed by atoms with Gasteiger partial charge in [-0.1, -0.05) is 6.42 Å². The highest BCUT2D eigenvalue weighted by atomic mass is 16.3. The topological polar surface area (TPSA) is 26.7 Å².